The Morgan fingerprint density at radius 2 is 2.14 bits per heavy atom. The summed E-state index contributed by atoms with van der Waals surface area (Å²) in [6.07, 6.45) is -0.0833. The molecule has 0 bridgehead atoms. The van der Waals surface area contributed by atoms with E-state index in [2.05, 4.69) is 21.2 Å². The second-order valence-electron chi connectivity index (χ2n) is 4.34. The number of hydrogen-bond donors (Lipinski definition) is 2. The monoisotopic (exact) mass is 359 g/mol. The second-order valence-corrected chi connectivity index (χ2v) is 5.26. The smallest absolute Gasteiger partial charge is 0.339 e. The lowest BCUT2D eigenvalue weighted by molar-refractivity contribution is -0.127. The van der Waals surface area contributed by atoms with Crippen molar-refractivity contribution in [3.8, 4) is 5.75 Å². The van der Waals surface area contributed by atoms with Gasteiger partial charge in [-0.25, -0.2) is 4.79 Å². The molecule has 1 unspecified atom stereocenters. The molecule has 1 amide bonds. The van der Waals surface area contributed by atoms with Gasteiger partial charge in [-0.15, -0.1) is 0 Å². The van der Waals surface area contributed by atoms with Crippen LogP contribution in [0, 0.1) is 0 Å². The van der Waals surface area contributed by atoms with Crippen LogP contribution >= 0.6 is 15.9 Å². The molecule has 116 valence electrons. The molecular weight excluding hydrogens is 342 g/mol. The molecule has 0 radical (unpaired) electrons. The van der Waals surface area contributed by atoms with Gasteiger partial charge in [0.1, 0.15) is 11.3 Å². The molecule has 0 fully saturated rings. The topological polar surface area (TPSA) is 84.9 Å². The predicted molar refractivity (Wildman–Crippen MR) is 80.7 cm³/mol. The van der Waals surface area contributed by atoms with Crippen molar-refractivity contribution in [1.29, 1.82) is 0 Å². The lowest BCUT2D eigenvalue weighted by Crippen LogP contribution is -2.37. The van der Waals surface area contributed by atoms with Gasteiger partial charge in [0.15, 0.2) is 6.10 Å². The Kier molecular flexibility index (Phi) is 7.18. The van der Waals surface area contributed by atoms with E-state index in [4.69, 9.17) is 14.6 Å². The number of rotatable bonds is 8. The van der Waals surface area contributed by atoms with E-state index in [1.807, 2.05) is 0 Å². The zero-order valence-electron chi connectivity index (χ0n) is 11.9. The highest BCUT2D eigenvalue weighted by atomic mass is 79.9. The van der Waals surface area contributed by atoms with E-state index in [0.717, 1.165) is 0 Å². The quantitative estimate of drug-likeness (QED) is 0.694. The number of nitrogens with one attached hydrogen (secondary N) is 1. The van der Waals surface area contributed by atoms with Gasteiger partial charge in [-0.05, 0) is 31.5 Å². The van der Waals surface area contributed by atoms with Gasteiger partial charge in [0, 0.05) is 24.7 Å². The van der Waals surface area contributed by atoms with Crippen molar-refractivity contribution < 1.29 is 24.2 Å². The molecule has 0 aliphatic rings. The van der Waals surface area contributed by atoms with Gasteiger partial charge < -0.3 is 19.9 Å². The van der Waals surface area contributed by atoms with Crippen LogP contribution < -0.4 is 10.1 Å². The minimum Gasteiger partial charge on any atom is -0.480 e. The number of hydrogen-bond acceptors (Lipinski definition) is 4. The summed E-state index contributed by atoms with van der Waals surface area (Å²) in [6, 6.07) is 4.61. The molecule has 1 aromatic rings. The van der Waals surface area contributed by atoms with Gasteiger partial charge in [0.05, 0.1) is 0 Å². The standard InChI is InChI=1S/C14H18BrNO5/c1-9(13(17)16-6-3-7-20-2)21-12-5-4-10(15)8-11(12)14(18)19/h4-5,8-9H,3,6-7H2,1-2H3,(H,16,17)(H,18,19). The molecule has 0 spiro atoms. The lowest BCUT2D eigenvalue weighted by atomic mass is 10.2. The SMILES string of the molecule is COCCCNC(=O)C(C)Oc1ccc(Br)cc1C(=O)O. The fourth-order valence-electron chi connectivity index (χ4n) is 1.59. The van der Waals surface area contributed by atoms with E-state index < -0.39 is 12.1 Å². The van der Waals surface area contributed by atoms with E-state index in [9.17, 15) is 9.59 Å². The Morgan fingerprint density at radius 3 is 2.76 bits per heavy atom. The summed E-state index contributed by atoms with van der Waals surface area (Å²) in [7, 11) is 1.59. The maximum absolute atomic E-state index is 11.8. The summed E-state index contributed by atoms with van der Waals surface area (Å²) in [4.78, 5) is 23.0. The highest BCUT2D eigenvalue weighted by Gasteiger charge is 2.18. The van der Waals surface area contributed by atoms with Crippen LogP contribution in [0.3, 0.4) is 0 Å². The first-order valence-corrected chi connectivity index (χ1v) is 7.21. The van der Waals surface area contributed by atoms with Crippen molar-refractivity contribution in [2.24, 2.45) is 0 Å². The molecule has 0 saturated carbocycles. The maximum atomic E-state index is 11.8. The molecule has 1 aromatic carbocycles. The molecule has 0 aliphatic carbocycles. The van der Waals surface area contributed by atoms with Crippen LogP contribution in [0.1, 0.15) is 23.7 Å². The molecule has 0 saturated heterocycles. The molecule has 7 heteroatoms. The summed E-state index contributed by atoms with van der Waals surface area (Å²) in [5.74, 6) is -1.25. The molecule has 1 rings (SSSR count). The molecule has 2 N–H and O–H groups in total. The van der Waals surface area contributed by atoms with Gasteiger partial charge in [-0.2, -0.15) is 0 Å². The van der Waals surface area contributed by atoms with Crippen LogP contribution in [-0.4, -0.2) is 43.3 Å². The normalized spacial score (nSPS) is 11.8. The number of carboxylic acid groups (broad SMARTS) is 1. The van der Waals surface area contributed by atoms with Crippen LogP contribution in [0.15, 0.2) is 22.7 Å². The molecular formula is C14H18BrNO5. The fraction of sp³-hybridized carbons (Fsp3) is 0.429. The van der Waals surface area contributed by atoms with Crippen molar-refractivity contribution >= 4 is 27.8 Å². The fourth-order valence-corrected chi connectivity index (χ4v) is 1.95. The van der Waals surface area contributed by atoms with E-state index in [1.54, 1.807) is 20.1 Å². The third-order valence-electron chi connectivity index (χ3n) is 2.67. The van der Waals surface area contributed by atoms with Crippen molar-refractivity contribution in [2.75, 3.05) is 20.3 Å². The van der Waals surface area contributed by atoms with Crippen molar-refractivity contribution in [3.05, 3.63) is 28.2 Å². The molecule has 1 atom stereocenters. The second kappa shape index (κ2) is 8.63. The van der Waals surface area contributed by atoms with Gasteiger partial charge in [0.25, 0.3) is 5.91 Å². The van der Waals surface area contributed by atoms with Crippen LogP contribution in [0.5, 0.6) is 5.75 Å². The zero-order chi connectivity index (χ0) is 15.8. The average Bonchev–Trinajstić information content (AvgIpc) is 2.44. The van der Waals surface area contributed by atoms with E-state index in [0.29, 0.717) is 24.0 Å². The molecule has 21 heavy (non-hydrogen) atoms. The van der Waals surface area contributed by atoms with Gasteiger partial charge in [-0.1, -0.05) is 15.9 Å². The van der Waals surface area contributed by atoms with Crippen molar-refractivity contribution in [3.63, 3.8) is 0 Å². The molecule has 0 aromatic heterocycles. The lowest BCUT2D eigenvalue weighted by Gasteiger charge is -2.16. The van der Waals surface area contributed by atoms with Crippen LogP contribution in [0.25, 0.3) is 0 Å². The van der Waals surface area contributed by atoms with Crippen LogP contribution in [0.2, 0.25) is 0 Å². The van der Waals surface area contributed by atoms with Gasteiger partial charge >= 0.3 is 5.97 Å². The van der Waals surface area contributed by atoms with Crippen molar-refractivity contribution in [1.82, 2.24) is 5.32 Å². The predicted octanol–water partition coefficient (Wildman–Crippen LogP) is 2.07. The molecule has 0 heterocycles. The zero-order valence-corrected chi connectivity index (χ0v) is 13.5. The van der Waals surface area contributed by atoms with E-state index >= 15 is 0 Å². The number of carbonyl (C=O) groups excluding carboxylic acids is 1. The van der Waals surface area contributed by atoms with Gasteiger partial charge in [0.2, 0.25) is 0 Å². The number of carbonyl (C=O) groups is 2. The third-order valence-corrected chi connectivity index (χ3v) is 3.16. The Bertz CT molecular complexity index is 506. The summed E-state index contributed by atoms with van der Waals surface area (Å²) in [6.45, 7) is 2.61. The Labute approximate surface area is 131 Å². The third kappa shape index (κ3) is 5.73. The first-order chi connectivity index (χ1) is 9.95. The highest BCUT2D eigenvalue weighted by Crippen LogP contribution is 2.24. The number of ether oxygens (including phenoxy) is 2. The Hall–Kier alpha value is -1.60. The van der Waals surface area contributed by atoms with Crippen molar-refractivity contribution in [2.45, 2.75) is 19.4 Å². The first kappa shape index (κ1) is 17.5. The number of methoxy groups -OCH3 is 1. The molecule has 0 aliphatic heterocycles. The van der Waals surface area contributed by atoms with Crippen LogP contribution in [-0.2, 0) is 9.53 Å². The number of amides is 1. The Balaban J connectivity index is 2.63. The summed E-state index contributed by atoms with van der Waals surface area (Å²) in [5.41, 5.74) is 0.00316. The first-order valence-electron chi connectivity index (χ1n) is 6.42. The van der Waals surface area contributed by atoms with Gasteiger partial charge in [-0.3, -0.25) is 4.79 Å². The number of aromatic carboxylic acids is 1. The number of carboxylic acids is 1. The van der Waals surface area contributed by atoms with Crippen LogP contribution in [0.4, 0.5) is 0 Å². The number of halogens is 1. The molecule has 6 nitrogen and oxygen atoms in total. The Morgan fingerprint density at radius 1 is 1.43 bits per heavy atom. The summed E-state index contributed by atoms with van der Waals surface area (Å²) in [5, 5.41) is 11.8. The highest BCUT2D eigenvalue weighted by molar-refractivity contribution is 9.10. The minimum absolute atomic E-state index is 0.00316. The van der Waals surface area contributed by atoms with E-state index in [-0.39, 0.29) is 17.2 Å². The summed E-state index contributed by atoms with van der Waals surface area (Å²) < 4.78 is 10.9. The summed E-state index contributed by atoms with van der Waals surface area (Å²) >= 11 is 3.20. The average molecular weight is 360 g/mol. The maximum Gasteiger partial charge on any atom is 0.339 e. The minimum atomic E-state index is -1.11. The van der Waals surface area contributed by atoms with E-state index in [1.165, 1.54) is 12.1 Å². The number of benzene rings is 1. The largest absolute Gasteiger partial charge is 0.480 e.